The summed E-state index contributed by atoms with van der Waals surface area (Å²) in [5.41, 5.74) is 7.97. The van der Waals surface area contributed by atoms with Crippen LogP contribution in [0.3, 0.4) is 0 Å². The zero-order chi connectivity index (χ0) is 13.2. The summed E-state index contributed by atoms with van der Waals surface area (Å²) in [7, 11) is 0. The third-order valence-electron chi connectivity index (χ3n) is 4.11. The highest BCUT2D eigenvalue weighted by Gasteiger charge is 2.35. The maximum Gasteiger partial charge on any atom is 0.254 e. The Morgan fingerprint density at radius 1 is 1.56 bits per heavy atom. The summed E-state index contributed by atoms with van der Waals surface area (Å²) in [6.07, 6.45) is 6.38. The standard InChI is InChI=1S/C14H21N3O/c1-3-14(5-4-6-14)9-17-13(18)11-8-16-10(2)7-12(11)15/h7-8H,3-6,9H2,1-2H3,(H2,15,16)(H,17,18). The van der Waals surface area contributed by atoms with Crippen LogP contribution in [0.15, 0.2) is 12.3 Å². The minimum Gasteiger partial charge on any atom is -0.398 e. The molecule has 1 amide bonds. The van der Waals surface area contributed by atoms with Gasteiger partial charge < -0.3 is 11.1 Å². The summed E-state index contributed by atoms with van der Waals surface area (Å²) >= 11 is 0. The van der Waals surface area contributed by atoms with E-state index in [1.54, 1.807) is 12.3 Å². The van der Waals surface area contributed by atoms with Gasteiger partial charge in [-0.05, 0) is 37.7 Å². The fourth-order valence-electron chi connectivity index (χ4n) is 2.47. The van der Waals surface area contributed by atoms with Crippen molar-refractivity contribution in [1.82, 2.24) is 10.3 Å². The number of carbonyl (C=O) groups is 1. The van der Waals surface area contributed by atoms with Crippen LogP contribution in [0.1, 0.15) is 48.7 Å². The number of nitrogen functional groups attached to an aromatic ring is 1. The van der Waals surface area contributed by atoms with Crippen LogP contribution >= 0.6 is 0 Å². The van der Waals surface area contributed by atoms with Crippen molar-refractivity contribution in [1.29, 1.82) is 0 Å². The number of anilines is 1. The van der Waals surface area contributed by atoms with Crippen LogP contribution in [0.4, 0.5) is 5.69 Å². The molecule has 0 aromatic carbocycles. The smallest absolute Gasteiger partial charge is 0.254 e. The zero-order valence-electron chi connectivity index (χ0n) is 11.1. The average Bonchev–Trinajstić information content (AvgIpc) is 2.27. The minimum absolute atomic E-state index is 0.111. The lowest BCUT2D eigenvalue weighted by Crippen LogP contribution is -2.41. The molecule has 0 spiro atoms. The molecular formula is C14H21N3O. The number of aromatic nitrogens is 1. The molecule has 0 atom stereocenters. The van der Waals surface area contributed by atoms with Gasteiger partial charge in [0.25, 0.3) is 5.91 Å². The average molecular weight is 247 g/mol. The van der Waals surface area contributed by atoms with Crippen LogP contribution in [0.5, 0.6) is 0 Å². The van der Waals surface area contributed by atoms with E-state index in [2.05, 4.69) is 17.2 Å². The molecule has 2 rings (SSSR count). The Hall–Kier alpha value is -1.58. The van der Waals surface area contributed by atoms with Crippen molar-refractivity contribution in [3.05, 3.63) is 23.5 Å². The Labute approximate surface area is 108 Å². The van der Waals surface area contributed by atoms with E-state index in [1.165, 1.54) is 19.3 Å². The molecule has 0 radical (unpaired) electrons. The molecule has 3 N–H and O–H groups in total. The second-order valence-electron chi connectivity index (χ2n) is 5.30. The second kappa shape index (κ2) is 4.96. The topological polar surface area (TPSA) is 68.0 Å². The highest BCUT2D eigenvalue weighted by molar-refractivity contribution is 5.98. The summed E-state index contributed by atoms with van der Waals surface area (Å²) in [6, 6.07) is 1.73. The van der Waals surface area contributed by atoms with E-state index < -0.39 is 0 Å². The summed E-state index contributed by atoms with van der Waals surface area (Å²) < 4.78 is 0. The third kappa shape index (κ3) is 2.47. The number of hydrogen-bond acceptors (Lipinski definition) is 3. The van der Waals surface area contributed by atoms with E-state index in [4.69, 9.17) is 5.73 Å². The zero-order valence-corrected chi connectivity index (χ0v) is 11.1. The number of pyridine rings is 1. The van der Waals surface area contributed by atoms with E-state index >= 15 is 0 Å². The van der Waals surface area contributed by atoms with E-state index in [-0.39, 0.29) is 5.91 Å². The van der Waals surface area contributed by atoms with Crippen LogP contribution in [0.2, 0.25) is 0 Å². The van der Waals surface area contributed by atoms with Crippen molar-refractivity contribution >= 4 is 11.6 Å². The predicted octanol–water partition coefficient (Wildman–Crippen LogP) is 2.28. The number of carbonyl (C=O) groups excluding carboxylic acids is 1. The maximum atomic E-state index is 12.0. The first-order chi connectivity index (χ1) is 8.56. The van der Waals surface area contributed by atoms with Crippen LogP contribution in [-0.2, 0) is 0 Å². The number of aryl methyl sites for hydroxylation is 1. The molecule has 1 saturated carbocycles. The molecule has 0 bridgehead atoms. The number of nitrogens with two attached hydrogens (primary N) is 1. The van der Waals surface area contributed by atoms with Gasteiger partial charge in [0, 0.05) is 24.1 Å². The largest absolute Gasteiger partial charge is 0.398 e. The lowest BCUT2D eigenvalue weighted by molar-refractivity contribution is 0.0850. The Bertz CT molecular complexity index is 447. The molecule has 98 valence electrons. The summed E-state index contributed by atoms with van der Waals surface area (Å²) in [4.78, 5) is 16.2. The first kappa shape index (κ1) is 12.9. The lowest BCUT2D eigenvalue weighted by atomic mass is 9.67. The fourth-order valence-corrected chi connectivity index (χ4v) is 2.47. The molecule has 1 aromatic heterocycles. The SMILES string of the molecule is CCC1(CNC(=O)c2cnc(C)cc2N)CCC1. The monoisotopic (exact) mass is 247 g/mol. The van der Waals surface area contributed by atoms with Crippen molar-refractivity contribution in [3.63, 3.8) is 0 Å². The maximum absolute atomic E-state index is 12.0. The Morgan fingerprint density at radius 3 is 2.78 bits per heavy atom. The molecule has 1 aliphatic rings. The van der Waals surface area contributed by atoms with Gasteiger partial charge in [-0.25, -0.2) is 0 Å². The number of nitrogens with zero attached hydrogens (tertiary/aromatic N) is 1. The normalized spacial score (nSPS) is 17.0. The number of amides is 1. The van der Waals surface area contributed by atoms with Crippen LogP contribution in [-0.4, -0.2) is 17.4 Å². The molecule has 0 aliphatic heterocycles. The molecule has 0 unspecified atom stereocenters. The van der Waals surface area contributed by atoms with Gasteiger partial charge in [0.05, 0.1) is 5.56 Å². The molecule has 4 heteroatoms. The second-order valence-corrected chi connectivity index (χ2v) is 5.30. The molecular weight excluding hydrogens is 226 g/mol. The number of nitrogens with one attached hydrogen (secondary N) is 1. The van der Waals surface area contributed by atoms with E-state index in [1.807, 2.05) is 6.92 Å². The van der Waals surface area contributed by atoms with Crippen molar-refractivity contribution in [3.8, 4) is 0 Å². The van der Waals surface area contributed by atoms with Gasteiger partial charge in [-0.2, -0.15) is 0 Å². The molecule has 1 aromatic rings. The van der Waals surface area contributed by atoms with E-state index in [0.717, 1.165) is 18.7 Å². The molecule has 1 aliphatic carbocycles. The van der Waals surface area contributed by atoms with Crippen LogP contribution in [0, 0.1) is 12.3 Å². The van der Waals surface area contributed by atoms with Crippen molar-refractivity contribution in [2.45, 2.75) is 39.5 Å². The molecule has 0 saturated heterocycles. The van der Waals surface area contributed by atoms with Gasteiger partial charge in [0.1, 0.15) is 0 Å². The van der Waals surface area contributed by atoms with Gasteiger partial charge >= 0.3 is 0 Å². The van der Waals surface area contributed by atoms with Gasteiger partial charge in [-0.1, -0.05) is 13.3 Å². The number of hydrogen-bond donors (Lipinski definition) is 2. The van der Waals surface area contributed by atoms with Crippen molar-refractivity contribution < 1.29 is 4.79 Å². The molecule has 1 fully saturated rings. The van der Waals surface area contributed by atoms with Crippen LogP contribution in [0.25, 0.3) is 0 Å². The molecule has 4 nitrogen and oxygen atoms in total. The van der Waals surface area contributed by atoms with Crippen molar-refractivity contribution in [2.75, 3.05) is 12.3 Å². The summed E-state index contributed by atoms with van der Waals surface area (Å²) in [5, 5.41) is 2.99. The highest BCUT2D eigenvalue weighted by Crippen LogP contribution is 2.43. The first-order valence-corrected chi connectivity index (χ1v) is 6.57. The molecule has 1 heterocycles. The Kier molecular flexibility index (Phi) is 3.55. The van der Waals surface area contributed by atoms with Crippen LogP contribution < -0.4 is 11.1 Å². The summed E-state index contributed by atoms with van der Waals surface area (Å²) in [5.74, 6) is -0.111. The molecule has 18 heavy (non-hydrogen) atoms. The van der Waals surface area contributed by atoms with E-state index in [9.17, 15) is 4.79 Å². The number of rotatable bonds is 4. The minimum atomic E-state index is -0.111. The quantitative estimate of drug-likeness (QED) is 0.857. The van der Waals surface area contributed by atoms with E-state index in [0.29, 0.717) is 16.7 Å². The predicted molar refractivity (Wildman–Crippen MR) is 72.3 cm³/mol. The fraction of sp³-hybridized carbons (Fsp3) is 0.571. The lowest BCUT2D eigenvalue weighted by Gasteiger charge is -2.41. The Balaban J connectivity index is 1.99. The van der Waals surface area contributed by atoms with Gasteiger partial charge in [-0.15, -0.1) is 0 Å². The van der Waals surface area contributed by atoms with Crippen molar-refractivity contribution in [2.24, 2.45) is 5.41 Å². The summed E-state index contributed by atoms with van der Waals surface area (Å²) in [6.45, 7) is 4.79. The van der Waals surface area contributed by atoms with Gasteiger partial charge in [0.15, 0.2) is 0 Å². The highest BCUT2D eigenvalue weighted by atomic mass is 16.1. The van der Waals surface area contributed by atoms with Gasteiger partial charge in [0.2, 0.25) is 0 Å². The van der Waals surface area contributed by atoms with Gasteiger partial charge in [-0.3, -0.25) is 9.78 Å². The third-order valence-corrected chi connectivity index (χ3v) is 4.11. The Morgan fingerprint density at radius 2 is 2.28 bits per heavy atom. The first-order valence-electron chi connectivity index (χ1n) is 6.57.